The van der Waals surface area contributed by atoms with Gasteiger partial charge >= 0.3 is 24.1 Å². The first-order chi connectivity index (χ1) is 29.5. The number of carbonyl (C=O) groups excluding carboxylic acids is 5. The van der Waals surface area contributed by atoms with Crippen LogP contribution in [0.25, 0.3) is 0 Å². The summed E-state index contributed by atoms with van der Waals surface area (Å²) < 4.78 is 19.5. The van der Waals surface area contributed by atoms with Crippen LogP contribution < -0.4 is 11.1 Å². The molecule has 3 N–H and O–H groups in total. The van der Waals surface area contributed by atoms with E-state index in [1.807, 2.05) is 0 Å². The molecule has 0 aromatic rings. The number of rotatable bonds is 33. The van der Waals surface area contributed by atoms with E-state index >= 15 is 0 Å². The Morgan fingerprint density at radius 1 is 0.532 bits per heavy atom. The second-order valence-electron chi connectivity index (χ2n) is 16.6. The number of hydrogen-bond donors (Lipinski definition) is 2. The van der Waals surface area contributed by atoms with E-state index in [1.54, 1.807) is 34.6 Å². The summed E-state index contributed by atoms with van der Waals surface area (Å²) in [4.78, 5) is 68.2. The van der Waals surface area contributed by atoms with Crippen molar-refractivity contribution >= 4 is 30.0 Å². The monoisotopic (exact) mass is 889 g/mol. The van der Waals surface area contributed by atoms with Crippen molar-refractivity contribution in [2.24, 2.45) is 5.73 Å². The molecule has 0 spiro atoms. The predicted octanol–water partition coefficient (Wildman–Crippen LogP) is 7.42. The second-order valence-corrected chi connectivity index (χ2v) is 16.6. The summed E-state index contributed by atoms with van der Waals surface area (Å²) >= 11 is 0. The molecule has 0 fully saturated rings. The Kier molecular flexibility index (Phi) is 43.1. The van der Waals surface area contributed by atoms with Gasteiger partial charge in [0.1, 0.15) is 5.60 Å². The number of amides is 1. The number of nitrogens with one attached hydrogen (secondary N) is 1. The van der Waals surface area contributed by atoms with Gasteiger partial charge in [-0.25, -0.2) is 4.79 Å². The Morgan fingerprint density at radius 2 is 0.903 bits per heavy atom. The van der Waals surface area contributed by atoms with E-state index in [9.17, 15) is 24.0 Å². The van der Waals surface area contributed by atoms with Crippen LogP contribution in [-0.4, -0.2) is 159 Å². The van der Waals surface area contributed by atoms with Gasteiger partial charge in [0.15, 0.2) is 0 Å². The van der Waals surface area contributed by atoms with Crippen LogP contribution in [0.1, 0.15) is 167 Å². The Bertz CT molecular complexity index is 1090. The van der Waals surface area contributed by atoms with Gasteiger partial charge in [-0.05, 0) is 138 Å². The number of ether oxygens (including phenoxy) is 4. The highest BCUT2D eigenvalue weighted by molar-refractivity contribution is 5.82. The molecule has 2 atom stereocenters. The zero-order valence-corrected chi connectivity index (χ0v) is 42.1. The predicted molar refractivity (Wildman–Crippen MR) is 252 cm³/mol. The lowest BCUT2D eigenvalue weighted by Crippen LogP contribution is -2.47. The molecular weight excluding hydrogens is 793 g/mol. The standard InChI is InChI=1S/C21H43N3O3.C21H42N2O4.C5H11NO2/c1-6-13-23(14-7-2)18-19(24(15-8-3)16-9-4)17-20(25)22-12-11-21(26)27-10-5;1-8-12-22(13-9-2)17-18(23(14-10-3)15-11-4)16-19(24)26-20(25)27-21(5,6)7;1-2-8-5(7)3-4-6/h19H,6-18H2,1-5H3,(H,22,25);18H,8-17H2,1-7H3;2-4,6H2,1H3. The van der Waals surface area contributed by atoms with Gasteiger partial charge in [0, 0.05) is 44.7 Å². The summed E-state index contributed by atoms with van der Waals surface area (Å²) in [6.45, 7) is 37.6. The minimum Gasteiger partial charge on any atom is -0.466 e. The van der Waals surface area contributed by atoms with Crippen LogP contribution in [-0.2, 0) is 38.1 Å². The van der Waals surface area contributed by atoms with Gasteiger partial charge in [-0.1, -0.05) is 55.4 Å². The van der Waals surface area contributed by atoms with Crippen LogP contribution in [0.3, 0.4) is 0 Å². The van der Waals surface area contributed by atoms with Crippen LogP contribution in [0.4, 0.5) is 4.79 Å². The molecule has 62 heavy (non-hydrogen) atoms. The fourth-order valence-corrected chi connectivity index (χ4v) is 6.94. The van der Waals surface area contributed by atoms with E-state index in [0.717, 1.165) is 117 Å². The van der Waals surface area contributed by atoms with Gasteiger partial charge < -0.3 is 39.8 Å². The molecule has 0 radical (unpaired) electrons. The van der Waals surface area contributed by atoms with Crippen molar-refractivity contribution in [3.63, 3.8) is 0 Å². The Labute approximate surface area is 379 Å². The molecule has 0 bridgehead atoms. The maximum Gasteiger partial charge on any atom is 0.516 e. The number of hydrogen-bond acceptors (Lipinski definition) is 14. The number of esters is 3. The molecule has 368 valence electrons. The van der Waals surface area contributed by atoms with Crippen LogP contribution in [0, 0.1) is 0 Å². The lowest BCUT2D eigenvalue weighted by Gasteiger charge is -2.35. The van der Waals surface area contributed by atoms with Crippen LogP contribution >= 0.6 is 0 Å². The van der Waals surface area contributed by atoms with Crippen LogP contribution in [0.5, 0.6) is 0 Å². The molecular formula is C47H96N6O9. The minimum atomic E-state index is -0.914. The fraction of sp³-hybridized carbons (Fsp3) is 0.894. The summed E-state index contributed by atoms with van der Waals surface area (Å²) in [5.74, 6) is -0.964. The highest BCUT2D eigenvalue weighted by Crippen LogP contribution is 2.14. The zero-order chi connectivity index (χ0) is 47.8. The molecule has 0 heterocycles. The molecule has 0 aromatic heterocycles. The highest BCUT2D eigenvalue weighted by Gasteiger charge is 2.27. The average molecular weight is 889 g/mol. The number of carbonyl (C=O) groups is 5. The normalized spacial score (nSPS) is 12.2. The summed E-state index contributed by atoms with van der Waals surface area (Å²) in [6, 6.07) is 0.253. The Morgan fingerprint density at radius 3 is 1.24 bits per heavy atom. The quantitative estimate of drug-likeness (QED) is 0.0379. The van der Waals surface area contributed by atoms with Crippen molar-refractivity contribution in [3.8, 4) is 0 Å². The first kappa shape index (κ1) is 63.4. The highest BCUT2D eigenvalue weighted by atomic mass is 16.7. The molecule has 15 heteroatoms. The van der Waals surface area contributed by atoms with Crippen LogP contribution in [0.15, 0.2) is 0 Å². The molecule has 0 saturated heterocycles. The van der Waals surface area contributed by atoms with Gasteiger partial charge in [0.05, 0.1) is 32.5 Å². The van der Waals surface area contributed by atoms with E-state index in [1.165, 1.54) is 0 Å². The van der Waals surface area contributed by atoms with Crippen molar-refractivity contribution in [1.29, 1.82) is 0 Å². The Balaban J connectivity index is -0.000000953. The van der Waals surface area contributed by atoms with E-state index in [2.05, 4.69) is 85.0 Å². The topological polar surface area (TPSA) is 173 Å². The third-order valence-corrected chi connectivity index (χ3v) is 9.19. The third-order valence-electron chi connectivity index (χ3n) is 9.19. The molecule has 1 amide bonds. The SMILES string of the molecule is CCCN(CCC)CC(CC(=O)NCCC(=O)OCC)N(CCC)CCC.CCCN(CCC)CC(CC(=O)OC(=O)OC(C)(C)C)N(CCC)CCC.CCOC(=O)CCN. The zero-order valence-electron chi connectivity index (χ0n) is 42.1. The van der Waals surface area contributed by atoms with Gasteiger partial charge in [-0.2, -0.15) is 0 Å². The van der Waals surface area contributed by atoms with E-state index in [-0.39, 0.29) is 42.8 Å². The second kappa shape index (κ2) is 42.1. The smallest absolute Gasteiger partial charge is 0.466 e. The fourth-order valence-electron chi connectivity index (χ4n) is 6.94. The van der Waals surface area contributed by atoms with Crippen LogP contribution in [0.2, 0.25) is 0 Å². The maximum atomic E-state index is 12.5. The molecule has 0 aliphatic carbocycles. The van der Waals surface area contributed by atoms with Gasteiger partial charge in [0.25, 0.3) is 0 Å². The summed E-state index contributed by atoms with van der Waals surface area (Å²) in [7, 11) is 0. The summed E-state index contributed by atoms with van der Waals surface area (Å²) in [6.07, 6.45) is 8.96. The third kappa shape index (κ3) is 37.7. The van der Waals surface area contributed by atoms with Crippen molar-refractivity contribution in [2.45, 2.75) is 185 Å². The largest absolute Gasteiger partial charge is 0.516 e. The number of nitrogens with zero attached hydrogens (tertiary/aromatic N) is 4. The lowest BCUT2D eigenvalue weighted by molar-refractivity contribution is -0.144. The van der Waals surface area contributed by atoms with E-state index < -0.39 is 17.7 Å². The molecule has 0 aliphatic rings. The molecule has 0 saturated carbocycles. The van der Waals surface area contributed by atoms with E-state index in [0.29, 0.717) is 39.1 Å². The van der Waals surface area contributed by atoms with Crippen molar-refractivity contribution < 1.29 is 42.9 Å². The first-order valence-corrected chi connectivity index (χ1v) is 24.1. The molecule has 0 aromatic carbocycles. The summed E-state index contributed by atoms with van der Waals surface area (Å²) in [5, 5.41) is 2.89. The first-order valence-electron chi connectivity index (χ1n) is 24.1. The molecule has 0 aliphatic heterocycles. The molecule has 0 rings (SSSR count). The van der Waals surface area contributed by atoms with Crippen molar-refractivity contribution in [1.82, 2.24) is 24.9 Å². The van der Waals surface area contributed by atoms with E-state index in [4.69, 9.17) is 19.9 Å². The average Bonchev–Trinajstić information content (AvgIpc) is 3.17. The van der Waals surface area contributed by atoms with Gasteiger partial charge in [-0.15, -0.1) is 0 Å². The molecule has 2 unspecified atom stereocenters. The van der Waals surface area contributed by atoms with Crippen molar-refractivity contribution in [2.75, 3.05) is 91.8 Å². The minimum absolute atomic E-state index is 0.0226. The van der Waals surface area contributed by atoms with Gasteiger partial charge in [-0.3, -0.25) is 29.0 Å². The molecule has 15 nitrogen and oxygen atoms in total. The maximum absolute atomic E-state index is 12.5. The lowest BCUT2D eigenvalue weighted by atomic mass is 10.1. The van der Waals surface area contributed by atoms with Crippen molar-refractivity contribution in [3.05, 3.63) is 0 Å². The van der Waals surface area contributed by atoms with Gasteiger partial charge in [0.2, 0.25) is 5.91 Å². The summed E-state index contributed by atoms with van der Waals surface area (Å²) in [5.41, 5.74) is 4.38. The number of nitrogens with two attached hydrogens (primary N) is 1. The Hall–Kier alpha value is -2.85.